The van der Waals surface area contributed by atoms with Gasteiger partial charge in [-0.25, -0.2) is 4.79 Å². The van der Waals surface area contributed by atoms with E-state index in [1.165, 1.54) is 18.2 Å². The monoisotopic (exact) mass is 358 g/mol. The summed E-state index contributed by atoms with van der Waals surface area (Å²) in [7, 11) is 0. The first-order valence-electron chi connectivity index (χ1n) is 7.72. The molecule has 0 saturated heterocycles. The van der Waals surface area contributed by atoms with E-state index in [4.69, 9.17) is 4.74 Å². The van der Waals surface area contributed by atoms with Crippen molar-refractivity contribution in [2.45, 2.75) is 20.8 Å². The van der Waals surface area contributed by atoms with Crippen molar-refractivity contribution in [3.05, 3.63) is 62.7 Å². The first-order valence-corrected chi connectivity index (χ1v) is 7.72. The van der Waals surface area contributed by atoms with Gasteiger partial charge in [0.2, 0.25) is 0 Å². The molecule has 0 heterocycles. The van der Waals surface area contributed by atoms with E-state index in [-0.39, 0.29) is 22.7 Å². The van der Waals surface area contributed by atoms with E-state index in [9.17, 15) is 24.8 Å². The average Bonchev–Trinajstić information content (AvgIpc) is 2.56. The van der Waals surface area contributed by atoms with Crippen LogP contribution < -0.4 is 5.32 Å². The molecule has 0 atom stereocenters. The number of esters is 1. The molecule has 2 rings (SSSR count). The van der Waals surface area contributed by atoms with E-state index < -0.39 is 23.4 Å². The molecule has 8 nitrogen and oxygen atoms in total. The normalized spacial score (nSPS) is 10.3. The maximum atomic E-state index is 12.1. The number of carbonyl (C=O) groups is 2. The predicted molar refractivity (Wildman–Crippen MR) is 94.3 cm³/mol. The second-order valence-corrected chi connectivity index (χ2v) is 5.80. The maximum absolute atomic E-state index is 12.1. The summed E-state index contributed by atoms with van der Waals surface area (Å²) in [4.78, 5) is 34.5. The zero-order chi connectivity index (χ0) is 19.4. The standard InChI is InChI=1S/C18H18N2O6/c1-10-4-6-13(15(21)8-10)18(23)26-9-16(22)19-17-12(3)11(2)5-7-14(17)20(24)25/h4-8,21H,9H2,1-3H3,(H,19,22). The zero-order valence-corrected chi connectivity index (χ0v) is 14.5. The fourth-order valence-corrected chi connectivity index (χ4v) is 2.31. The Bertz CT molecular complexity index is 891. The molecule has 0 spiro atoms. The van der Waals surface area contributed by atoms with Crippen LogP contribution in [0.1, 0.15) is 27.0 Å². The van der Waals surface area contributed by atoms with Crippen LogP contribution in [-0.2, 0) is 9.53 Å². The van der Waals surface area contributed by atoms with Crippen molar-refractivity contribution < 1.29 is 24.4 Å². The van der Waals surface area contributed by atoms with Gasteiger partial charge in [-0.1, -0.05) is 12.1 Å². The smallest absolute Gasteiger partial charge is 0.342 e. The maximum Gasteiger partial charge on any atom is 0.342 e. The highest BCUT2D eigenvalue weighted by Crippen LogP contribution is 2.30. The molecular formula is C18H18N2O6. The number of carbonyl (C=O) groups excluding carboxylic acids is 2. The summed E-state index contributed by atoms with van der Waals surface area (Å²) in [5.74, 6) is -1.84. The first-order chi connectivity index (χ1) is 12.2. The topological polar surface area (TPSA) is 119 Å². The second kappa shape index (κ2) is 7.64. The van der Waals surface area contributed by atoms with Crippen molar-refractivity contribution in [1.29, 1.82) is 0 Å². The number of anilines is 1. The zero-order valence-electron chi connectivity index (χ0n) is 14.5. The van der Waals surface area contributed by atoms with Crippen LogP contribution in [0.2, 0.25) is 0 Å². The Kier molecular flexibility index (Phi) is 5.56. The van der Waals surface area contributed by atoms with Crippen LogP contribution in [0.25, 0.3) is 0 Å². The predicted octanol–water partition coefficient (Wildman–Crippen LogP) is 3.02. The van der Waals surface area contributed by atoms with Crippen LogP contribution in [-0.4, -0.2) is 28.5 Å². The Morgan fingerprint density at radius 1 is 1.19 bits per heavy atom. The molecule has 0 aliphatic carbocycles. The number of phenolic OH excluding ortho intramolecular Hbond substituents is 1. The number of rotatable bonds is 5. The Labute approximate surface area is 149 Å². The molecular weight excluding hydrogens is 340 g/mol. The molecule has 8 heteroatoms. The molecule has 1 amide bonds. The van der Waals surface area contributed by atoms with Gasteiger partial charge in [-0.15, -0.1) is 0 Å². The van der Waals surface area contributed by atoms with Crippen molar-refractivity contribution in [2.75, 3.05) is 11.9 Å². The molecule has 0 unspecified atom stereocenters. The van der Waals surface area contributed by atoms with Crippen LogP contribution >= 0.6 is 0 Å². The Balaban J connectivity index is 2.09. The fourth-order valence-electron chi connectivity index (χ4n) is 2.31. The van der Waals surface area contributed by atoms with Crippen LogP contribution in [0.4, 0.5) is 11.4 Å². The molecule has 136 valence electrons. The van der Waals surface area contributed by atoms with Crippen LogP contribution in [0.5, 0.6) is 5.75 Å². The molecule has 2 aromatic rings. The van der Waals surface area contributed by atoms with Gasteiger partial charge in [0.05, 0.1) is 4.92 Å². The molecule has 2 aromatic carbocycles. The van der Waals surface area contributed by atoms with Gasteiger partial charge in [-0.05, 0) is 49.6 Å². The minimum atomic E-state index is -0.867. The van der Waals surface area contributed by atoms with E-state index in [0.29, 0.717) is 5.56 Å². The number of hydrogen-bond donors (Lipinski definition) is 2. The van der Waals surface area contributed by atoms with Crippen molar-refractivity contribution >= 4 is 23.3 Å². The van der Waals surface area contributed by atoms with Crippen molar-refractivity contribution in [3.8, 4) is 5.75 Å². The summed E-state index contributed by atoms with van der Waals surface area (Å²) in [5.41, 5.74) is 1.83. The minimum Gasteiger partial charge on any atom is -0.507 e. The van der Waals surface area contributed by atoms with Crippen molar-refractivity contribution in [1.82, 2.24) is 0 Å². The van der Waals surface area contributed by atoms with Crippen molar-refractivity contribution in [3.63, 3.8) is 0 Å². The first kappa shape index (κ1) is 18.9. The van der Waals surface area contributed by atoms with Gasteiger partial charge in [-0.3, -0.25) is 14.9 Å². The van der Waals surface area contributed by atoms with Crippen molar-refractivity contribution in [2.24, 2.45) is 0 Å². The van der Waals surface area contributed by atoms with Crippen LogP contribution in [0, 0.1) is 30.9 Å². The highest BCUT2D eigenvalue weighted by Gasteiger charge is 2.20. The summed E-state index contributed by atoms with van der Waals surface area (Å²) in [6.07, 6.45) is 0. The number of ether oxygens (including phenoxy) is 1. The van der Waals surface area contributed by atoms with E-state index in [0.717, 1.165) is 11.1 Å². The number of phenols is 1. The summed E-state index contributed by atoms with van der Waals surface area (Å²) >= 11 is 0. The third kappa shape index (κ3) is 4.15. The molecule has 26 heavy (non-hydrogen) atoms. The molecule has 2 N–H and O–H groups in total. The number of aryl methyl sites for hydroxylation is 2. The molecule has 0 aromatic heterocycles. The lowest BCUT2D eigenvalue weighted by Gasteiger charge is -2.11. The van der Waals surface area contributed by atoms with Gasteiger partial charge in [-0.2, -0.15) is 0 Å². The Morgan fingerprint density at radius 3 is 2.50 bits per heavy atom. The average molecular weight is 358 g/mol. The number of benzene rings is 2. The van der Waals surface area contributed by atoms with Gasteiger partial charge in [0, 0.05) is 6.07 Å². The molecule has 0 bridgehead atoms. The molecule has 0 radical (unpaired) electrons. The van der Waals surface area contributed by atoms with E-state index in [1.807, 2.05) is 0 Å². The summed E-state index contributed by atoms with van der Waals surface area (Å²) < 4.78 is 4.87. The summed E-state index contributed by atoms with van der Waals surface area (Å²) in [6.45, 7) is 4.51. The van der Waals surface area contributed by atoms with Gasteiger partial charge < -0.3 is 15.2 Å². The molecule has 0 fully saturated rings. The lowest BCUT2D eigenvalue weighted by molar-refractivity contribution is -0.384. The van der Waals surface area contributed by atoms with Gasteiger partial charge in [0.15, 0.2) is 6.61 Å². The Hall–Kier alpha value is -3.42. The van der Waals surface area contributed by atoms with E-state index in [2.05, 4.69) is 5.32 Å². The quantitative estimate of drug-likeness (QED) is 0.482. The number of aromatic hydroxyl groups is 1. The molecule has 0 aliphatic rings. The molecule has 0 saturated carbocycles. The second-order valence-electron chi connectivity index (χ2n) is 5.80. The highest BCUT2D eigenvalue weighted by atomic mass is 16.6. The lowest BCUT2D eigenvalue weighted by Crippen LogP contribution is -2.22. The minimum absolute atomic E-state index is 0.0641. The number of nitrogens with zero attached hydrogens (tertiary/aromatic N) is 1. The lowest BCUT2D eigenvalue weighted by atomic mass is 10.1. The summed E-state index contributed by atoms with van der Waals surface area (Å²) in [6, 6.07) is 7.30. The largest absolute Gasteiger partial charge is 0.507 e. The van der Waals surface area contributed by atoms with E-state index >= 15 is 0 Å². The number of amides is 1. The number of hydrogen-bond acceptors (Lipinski definition) is 6. The van der Waals surface area contributed by atoms with E-state index in [1.54, 1.807) is 32.9 Å². The number of nitro groups is 1. The third-order valence-corrected chi connectivity index (χ3v) is 3.88. The van der Waals surface area contributed by atoms with Gasteiger partial charge in [0.25, 0.3) is 11.6 Å². The van der Waals surface area contributed by atoms with Gasteiger partial charge in [0.1, 0.15) is 17.0 Å². The molecule has 0 aliphatic heterocycles. The van der Waals surface area contributed by atoms with Crippen LogP contribution in [0.3, 0.4) is 0 Å². The SMILES string of the molecule is Cc1ccc(C(=O)OCC(=O)Nc2c([N+](=O)[O-])ccc(C)c2C)c(O)c1. The fraction of sp³-hybridized carbons (Fsp3) is 0.222. The number of nitro benzene ring substituents is 1. The number of nitrogens with one attached hydrogen (secondary N) is 1. The van der Waals surface area contributed by atoms with Gasteiger partial charge >= 0.3 is 5.97 Å². The Morgan fingerprint density at radius 2 is 1.88 bits per heavy atom. The highest BCUT2D eigenvalue weighted by molar-refractivity contribution is 5.98. The van der Waals surface area contributed by atoms with Crippen LogP contribution in [0.15, 0.2) is 30.3 Å². The summed E-state index contributed by atoms with van der Waals surface area (Å²) in [5, 5.41) is 23.3. The third-order valence-electron chi connectivity index (χ3n) is 3.88.